The molecule has 24 heavy (non-hydrogen) atoms. The highest BCUT2D eigenvalue weighted by Crippen LogP contribution is 2.22. The van der Waals surface area contributed by atoms with Crippen molar-refractivity contribution in [2.45, 2.75) is 47.1 Å². The zero-order chi connectivity index (χ0) is 17.9. The number of rotatable bonds is 5. The van der Waals surface area contributed by atoms with Crippen LogP contribution in [0.4, 0.5) is 5.69 Å². The first kappa shape index (κ1) is 18.1. The Balaban J connectivity index is 1.96. The lowest BCUT2D eigenvalue weighted by Crippen LogP contribution is -2.31. The van der Waals surface area contributed by atoms with Gasteiger partial charge in [0.1, 0.15) is 0 Å². The van der Waals surface area contributed by atoms with Crippen LogP contribution in [0.2, 0.25) is 0 Å². The summed E-state index contributed by atoms with van der Waals surface area (Å²) in [6.07, 6.45) is -0.790. The number of esters is 1. The van der Waals surface area contributed by atoms with E-state index in [2.05, 4.69) is 10.3 Å². The fraction of sp³-hybridized carbons (Fsp3) is 0.389. The van der Waals surface area contributed by atoms with Gasteiger partial charge < -0.3 is 10.1 Å². The molecule has 0 saturated heterocycles. The van der Waals surface area contributed by atoms with Gasteiger partial charge in [-0.2, -0.15) is 0 Å². The monoisotopic (exact) mass is 346 g/mol. The number of carbonyl (C=O) groups excluding carboxylic acids is 2. The third-order valence-electron chi connectivity index (χ3n) is 3.59. The lowest BCUT2D eigenvalue weighted by molar-refractivity contribution is -0.152. The van der Waals surface area contributed by atoms with Crippen LogP contribution in [-0.2, 0) is 20.7 Å². The number of thiazole rings is 1. The SMILES string of the molecule is Cc1cc(C)c(NC(=O)C(C)OC(=O)Cc2csc(C)n2)c(C)c1. The maximum atomic E-state index is 12.3. The van der Waals surface area contributed by atoms with Crippen molar-refractivity contribution in [1.82, 2.24) is 4.98 Å². The normalized spacial score (nSPS) is 11.9. The molecular formula is C18H22N2O3S. The Hall–Kier alpha value is -2.21. The molecule has 2 aromatic rings. The van der Waals surface area contributed by atoms with Gasteiger partial charge in [0.2, 0.25) is 0 Å². The van der Waals surface area contributed by atoms with Gasteiger partial charge >= 0.3 is 5.97 Å². The van der Waals surface area contributed by atoms with Gasteiger partial charge in [0.15, 0.2) is 6.10 Å². The van der Waals surface area contributed by atoms with Crippen LogP contribution in [-0.4, -0.2) is 23.0 Å². The number of aromatic nitrogens is 1. The van der Waals surface area contributed by atoms with E-state index in [9.17, 15) is 9.59 Å². The van der Waals surface area contributed by atoms with E-state index < -0.39 is 12.1 Å². The maximum absolute atomic E-state index is 12.3. The molecule has 1 unspecified atom stereocenters. The fourth-order valence-electron chi connectivity index (χ4n) is 2.53. The molecule has 0 bridgehead atoms. The quantitative estimate of drug-likeness (QED) is 0.842. The molecular weight excluding hydrogens is 324 g/mol. The number of anilines is 1. The summed E-state index contributed by atoms with van der Waals surface area (Å²) in [5.74, 6) is -0.798. The second kappa shape index (κ2) is 7.57. The predicted octanol–water partition coefficient (Wildman–Crippen LogP) is 3.49. The number of ether oxygens (including phenoxy) is 1. The topological polar surface area (TPSA) is 68.3 Å². The second-order valence-corrected chi connectivity index (χ2v) is 6.99. The molecule has 5 nitrogen and oxygen atoms in total. The molecule has 1 aromatic heterocycles. The number of hydrogen-bond donors (Lipinski definition) is 1. The molecule has 128 valence electrons. The van der Waals surface area contributed by atoms with Gasteiger partial charge in [0.05, 0.1) is 17.1 Å². The number of nitrogens with zero attached hydrogens (tertiary/aromatic N) is 1. The van der Waals surface area contributed by atoms with Crippen molar-refractivity contribution in [2.75, 3.05) is 5.32 Å². The van der Waals surface area contributed by atoms with Gasteiger partial charge in [-0.15, -0.1) is 11.3 Å². The van der Waals surface area contributed by atoms with Crippen LogP contribution in [0.1, 0.15) is 34.3 Å². The van der Waals surface area contributed by atoms with E-state index in [-0.39, 0.29) is 12.3 Å². The summed E-state index contributed by atoms with van der Waals surface area (Å²) in [6.45, 7) is 9.34. The molecule has 1 aromatic carbocycles. The molecule has 1 heterocycles. The number of carbonyl (C=O) groups is 2. The highest BCUT2D eigenvalue weighted by molar-refractivity contribution is 7.09. The van der Waals surface area contributed by atoms with E-state index >= 15 is 0 Å². The van der Waals surface area contributed by atoms with E-state index in [1.165, 1.54) is 11.3 Å². The number of hydrogen-bond acceptors (Lipinski definition) is 5. The van der Waals surface area contributed by atoms with E-state index in [0.717, 1.165) is 27.4 Å². The molecule has 0 aliphatic carbocycles. The summed E-state index contributed by atoms with van der Waals surface area (Å²) in [5, 5.41) is 5.57. The van der Waals surface area contributed by atoms with Crippen molar-refractivity contribution in [3.8, 4) is 0 Å². The van der Waals surface area contributed by atoms with Gasteiger partial charge in [0, 0.05) is 11.1 Å². The Morgan fingerprint density at radius 2 is 1.83 bits per heavy atom. The zero-order valence-electron chi connectivity index (χ0n) is 14.6. The highest BCUT2D eigenvalue weighted by Gasteiger charge is 2.20. The third-order valence-corrected chi connectivity index (χ3v) is 4.42. The molecule has 6 heteroatoms. The van der Waals surface area contributed by atoms with Crippen LogP contribution in [0.15, 0.2) is 17.5 Å². The number of benzene rings is 1. The van der Waals surface area contributed by atoms with E-state index in [0.29, 0.717) is 5.69 Å². The summed E-state index contributed by atoms with van der Waals surface area (Å²) in [6, 6.07) is 4.01. The van der Waals surface area contributed by atoms with Crippen molar-refractivity contribution in [3.63, 3.8) is 0 Å². The molecule has 0 saturated carbocycles. The standard InChI is InChI=1S/C18H22N2O3S/c1-10-6-11(2)17(12(3)7-10)20-18(22)13(4)23-16(21)8-15-9-24-14(5)19-15/h6-7,9,13H,8H2,1-5H3,(H,20,22). The van der Waals surface area contributed by atoms with Crippen LogP contribution in [0.3, 0.4) is 0 Å². The molecule has 2 rings (SSSR count). The average Bonchev–Trinajstić information content (AvgIpc) is 2.87. The summed E-state index contributed by atoms with van der Waals surface area (Å²) in [7, 11) is 0. The van der Waals surface area contributed by atoms with Gasteiger partial charge in [0.25, 0.3) is 5.91 Å². The fourth-order valence-corrected chi connectivity index (χ4v) is 3.14. The minimum absolute atomic E-state index is 0.0740. The number of amides is 1. The molecule has 1 amide bonds. The van der Waals surface area contributed by atoms with Gasteiger partial charge in [-0.1, -0.05) is 17.7 Å². The average molecular weight is 346 g/mol. The number of aryl methyl sites for hydroxylation is 4. The predicted molar refractivity (Wildman–Crippen MR) is 95.4 cm³/mol. The van der Waals surface area contributed by atoms with Crippen molar-refractivity contribution in [2.24, 2.45) is 0 Å². The Bertz CT molecular complexity index is 744. The zero-order valence-corrected chi connectivity index (χ0v) is 15.4. The molecule has 0 aliphatic rings. The van der Waals surface area contributed by atoms with Crippen molar-refractivity contribution in [1.29, 1.82) is 0 Å². The lowest BCUT2D eigenvalue weighted by Gasteiger charge is -2.16. The lowest BCUT2D eigenvalue weighted by atomic mass is 10.0. The van der Waals surface area contributed by atoms with E-state index in [1.807, 2.05) is 45.2 Å². The Kier molecular flexibility index (Phi) is 5.72. The summed E-state index contributed by atoms with van der Waals surface area (Å²) >= 11 is 1.48. The Morgan fingerprint density at radius 1 is 1.21 bits per heavy atom. The third kappa shape index (κ3) is 4.64. The van der Waals surface area contributed by atoms with Crippen LogP contribution >= 0.6 is 11.3 Å². The molecule has 1 N–H and O–H groups in total. The Morgan fingerprint density at radius 3 is 2.38 bits per heavy atom. The first-order chi connectivity index (χ1) is 11.3. The molecule has 1 atom stereocenters. The van der Waals surface area contributed by atoms with Gasteiger partial charge in [-0.05, 0) is 45.7 Å². The summed E-state index contributed by atoms with van der Waals surface area (Å²) in [5.41, 5.74) is 4.54. The van der Waals surface area contributed by atoms with Crippen molar-refractivity contribution < 1.29 is 14.3 Å². The van der Waals surface area contributed by atoms with Crippen LogP contribution in [0.5, 0.6) is 0 Å². The van der Waals surface area contributed by atoms with Gasteiger partial charge in [-0.3, -0.25) is 9.59 Å². The smallest absolute Gasteiger partial charge is 0.312 e. The molecule has 0 fully saturated rings. The molecule has 0 aliphatic heterocycles. The van der Waals surface area contributed by atoms with E-state index in [4.69, 9.17) is 4.74 Å². The number of nitrogens with one attached hydrogen (secondary N) is 1. The van der Waals surface area contributed by atoms with E-state index in [1.54, 1.807) is 6.92 Å². The van der Waals surface area contributed by atoms with Crippen LogP contribution < -0.4 is 5.32 Å². The van der Waals surface area contributed by atoms with Crippen LogP contribution in [0, 0.1) is 27.7 Å². The van der Waals surface area contributed by atoms with Crippen molar-refractivity contribution >= 4 is 28.9 Å². The highest BCUT2D eigenvalue weighted by atomic mass is 32.1. The first-order valence-corrected chi connectivity index (χ1v) is 8.63. The van der Waals surface area contributed by atoms with Crippen LogP contribution in [0.25, 0.3) is 0 Å². The first-order valence-electron chi connectivity index (χ1n) is 7.75. The molecule has 0 radical (unpaired) electrons. The molecule has 0 spiro atoms. The van der Waals surface area contributed by atoms with Gasteiger partial charge in [-0.25, -0.2) is 4.98 Å². The summed E-state index contributed by atoms with van der Waals surface area (Å²) < 4.78 is 5.21. The minimum atomic E-state index is -0.864. The minimum Gasteiger partial charge on any atom is -0.452 e. The van der Waals surface area contributed by atoms with Crippen molar-refractivity contribution in [3.05, 3.63) is 44.9 Å². The Labute approximate surface area is 146 Å². The largest absolute Gasteiger partial charge is 0.452 e. The summed E-state index contributed by atoms with van der Waals surface area (Å²) in [4.78, 5) is 28.4. The maximum Gasteiger partial charge on any atom is 0.312 e. The second-order valence-electron chi connectivity index (χ2n) is 5.93.